The summed E-state index contributed by atoms with van der Waals surface area (Å²) in [6, 6.07) is 1.71. The van der Waals surface area contributed by atoms with E-state index in [4.69, 9.17) is 0 Å². The smallest absolute Gasteiger partial charge is 0.330 e. The van der Waals surface area contributed by atoms with E-state index in [1.807, 2.05) is 0 Å². The number of amides is 1. The molecule has 0 aliphatic rings. The van der Waals surface area contributed by atoms with Crippen molar-refractivity contribution in [1.82, 2.24) is 5.32 Å². The third kappa shape index (κ3) is 3.36. The lowest BCUT2D eigenvalue weighted by Gasteiger charge is -2.37. The van der Waals surface area contributed by atoms with Gasteiger partial charge in [0.1, 0.15) is 0 Å². The second-order valence-electron chi connectivity index (χ2n) is 5.65. The van der Waals surface area contributed by atoms with Gasteiger partial charge < -0.3 is 5.32 Å². The first kappa shape index (κ1) is 20.7. The molecular formula is C15H17F6NOS. The molecule has 9 heteroatoms. The number of carbonyl (C=O) groups is 1. The van der Waals surface area contributed by atoms with Gasteiger partial charge in [-0.25, -0.2) is 0 Å². The molecule has 0 aromatic heterocycles. The van der Waals surface area contributed by atoms with Crippen LogP contribution in [0.3, 0.4) is 0 Å². The largest absolute Gasteiger partial charge is 0.421 e. The Morgan fingerprint density at radius 3 is 1.62 bits per heavy atom. The highest BCUT2D eigenvalue weighted by molar-refractivity contribution is 7.80. The summed E-state index contributed by atoms with van der Waals surface area (Å²) < 4.78 is 78.7. The van der Waals surface area contributed by atoms with E-state index in [0.717, 1.165) is 5.32 Å². The number of nitrogens with one attached hydrogen (secondary N) is 1. The van der Waals surface area contributed by atoms with Gasteiger partial charge in [0.15, 0.2) is 0 Å². The average molecular weight is 373 g/mol. The summed E-state index contributed by atoms with van der Waals surface area (Å²) in [7, 11) is 0. The predicted molar refractivity (Wildman–Crippen MR) is 81.6 cm³/mol. The molecule has 1 rings (SSSR count). The van der Waals surface area contributed by atoms with E-state index < -0.39 is 29.6 Å². The third-order valence-electron chi connectivity index (χ3n) is 4.13. The summed E-state index contributed by atoms with van der Waals surface area (Å²) in [5.74, 6) is -3.09. The van der Waals surface area contributed by atoms with Gasteiger partial charge in [-0.1, -0.05) is 6.07 Å². The Labute approximate surface area is 141 Å². The Kier molecular flexibility index (Phi) is 5.59. The van der Waals surface area contributed by atoms with Gasteiger partial charge in [-0.3, -0.25) is 4.79 Å². The van der Waals surface area contributed by atoms with Gasteiger partial charge in [-0.05, 0) is 49.9 Å². The first-order valence-corrected chi connectivity index (χ1v) is 7.47. The van der Waals surface area contributed by atoms with Crippen molar-refractivity contribution in [1.29, 1.82) is 0 Å². The number of alkyl halides is 6. The molecule has 1 aromatic carbocycles. The second-order valence-corrected chi connectivity index (χ2v) is 5.96. The molecule has 1 amide bonds. The van der Waals surface area contributed by atoms with E-state index in [1.54, 1.807) is 19.9 Å². The van der Waals surface area contributed by atoms with E-state index in [2.05, 4.69) is 12.6 Å². The van der Waals surface area contributed by atoms with Crippen LogP contribution in [0.4, 0.5) is 26.3 Å². The molecule has 1 aromatic rings. The fourth-order valence-electron chi connectivity index (χ4n) is 2.34. The Morgan fingerprint density at radius 2 is 1.33 bits per heavy atom. The number of benzene rings is 1. The lowest BCUT2D eigenvalue weighted by Crippen LogP contribution is -2.69. The number of rotatable bonds is 3. The molecule has 0 saturated carbocycles. The van der Waals surface area contributed by atoms with Crippen LogP contribution in [0.15, 0.2) is 6.07 Å². The van der Waals surface area contributed by atoms with E-state index in [1.165, 1.54) is 13.8 Å². The molecule has 24 heavy (non-hydrogen) atoms. The standard InChI is InChI=1S/C15H17F6NOS/c1-7-5-8(2)10(4)11(9(7)3)12(23)22-13(6-24,14(16,17)18)15(19,20)21/h5,24H,6H2,1-4H3,(H,22,23). The normalized spacial score (nSPS) is 13.1. The molecule has 1 N–H and O–H groups in total. The average Bonchev–Trinajstić information content (AvgIpc) is 2.40. The zero-order valence-electron chi connectivity index (χ0n) is 13.4. The van der Waals surface area contributed by atoms with Crippen molar-refractivity contribution in [2.75, 3.05) is 5.75 Å². The fourth-order valence-corrected chi connectivity index (χ4v) is 2.77. The maximum absolute atomic E-state index is 13.1. The predicted octanol–water partition coefficient (Wildman–Crippen LogP) is 4.44. The summed E-state index contributed by atoms with van der Waals surface area (Å²) >= 11 is 3.21. The molecule has 0 radical (unpaired) electrons. The van der Waals surface area contributed by atoms with Crippen molar-refractivity contribution in [2.45, 2.75) is 45.6 Å². The first-order valence-electron chi connectivity index (χ1n) is 6.84. The van der Waals surface area contributed by atoms with E-state index in [0.29, 0.717) is 22.3 Å². The molecule has 0 atom stereocenters. The Bertz CT molecular complexity index is 611. The molecular weight excluding hydrogens is 356 g/mol. The number of hydrogen-bond acceptors (Lipinski definition) is 2. The second kappa shape index (κ2) is 6.50. The zero-order chi connectivity index (χ0) is 19.1. The first-order chi connectivity index (χ1) is 10.7. The summed E-state index contributed by atoms with van der Waals surface area (Å²) in [4.78, 5) is 12.3. The van der Waals surface area contributed by atoms with Gasteiger partial charge in [0, 0.05) is 11.3 Å². The number of aryl methyl sites for hydroxylation is 2. The van der Waals surface area contributed by atoms with Gasteiger partial charge in [-0.15, -0.1) is 0 Å². The summed E-state index contributed by atoms with van der Waals surface area (Å²) in [5.41, 5.74) is -2.76. The van der Waals surface area contributed by atoms with Gasteiger partial charge in [0.05, 0.1) is 0 Å². The molecule has 136 valence electrons. The van der Waals surface area contributed by atoms with Crippen LogP contribution < -0.4 is 5.32 Å². The van der Waals surface area contributed by atoms with Crippen LogP contribution in [0.1, 0.15) is 32.6 Å². The maximum Gasteiger partial charge on any atom is 0.421 e. The van der Waals surface area contributed by atoms with Gasteiger partial charge in [0.2, 0.25) is 5.54 Å². The van der Waals surface area contributed by atoms with Crippen molar-refractivity contribution in [3.05, 3.63) is 33.9 Å². The van der Waals surface area contributed by atoms with Crippen molar-refractivity contribution >= 4 is 18.5 Å². The van der Waals surface area contributed by atoms with Crippen LogP contribution in [0.5, 0.6) is 0 Å². The lowest BCUT2D eigenvalue weighted by molar-refractivity contribution is -0.295. The Hall–Kier alpha value is -1.38. The van der Waals surface area contributed by atoms with Crippen LogP contribution in [0.2, 0.25) is 0 Å². The van der Waals surface area contributed by atoms with Gasteiger partial charge in [-0.2, -0.15) is 39.0 Å². The van der Waals surface area contributed by atoms with Gasteiger partial charge >= 0.3 is 12.4 Å². The minimum absolute atomic E-state index is 0.188. The van der Waals surface area contributed by atoms with E-state index >= 15 is 0 Å². The summed E-state index contributed by atoms with van der Waals surface area (Å²) in [6.45, 7) is 6.19. The SMILES string of the molecule is Cc1cc(C)c(C)c(C(=O)NC(CS)(C(F)(F)F)C(F)(F)F)c1C. The van der Waals surface area contributed by atoms with Crippen LogP contribution in [0.25, 0.3) is 0 Å². The molecule has 0 heterocycles. The van der Waals surface area contributed by atoms with Crippen LogP contribution >= 0.6 is 12.6 Å². The zero-order valence-corrected chi connectivity index (χ0v) is 14.3. The molecule has 0 unspecified atom stereocenters. The van der Waals surface area contributed by atoms with Gasteiger partial charge in [0.25, 0.3) is 5.91 Å². The maximum atomic E-state index is 13.1. The topological polar surface area (TPSA) is 29.1 Å². The molecule has 0 aliphatic heterocycles. The highest BCUT2D eigenvalue weighted by Gasteiger charge is 2.71. The van der Waals surface area contributed by atoms with Crippen LogP contribution in [0, 0.1) is 27.7 Å². The minimum Gasteiger partial charge on any atom is -0.330 e. The highest BCUT2D eigenvalue weighted by Crippen LogP contribution is 2.44. The molecule has 2 nitrogen and oxygen atoms in total. The van der Waals surface area contributed by atoms with Crippen molar-refractivity contribution in [3.8, 4) is 0 Å². The Morgan fingerprint density at radius 1 is 0.958 bits per heavy atom. The number of carbonyl (C=O) groups excluding carboxylic acids is 1. The number of hydrogen-bond donors (Lipinski definition) is 2. The number of halogens is 6. The van der Waals surface area contributed by atoms with Crippen molar-refractivity contribution < 1.29 is 31.1 Å². The highest BCUT2D eigenvalue weighted by atomic mass is 32.1. The van der Waals surface area contributed by atoms with Crippen LogP contribution in [-0.4, -0.2) is 29.6 Å². The van der Waals surface area contributed by atoms with E-state index in [9.17, 15) is 31.1 Å². The molecule has 0 aliphatic carbocycles. The third-order valence-corrected chi connectivity index (χ3v) is 4.60. The molecule has 0 bridgehead atoms. The lowest BCUT2D eigenvalue weighted by atomic mass is 9.92. The number of thiol groups is 1. The van der Waals surface area contributed by atoms with Crippen molar-refractivity contribution in [3.63, 3.8) is 0 Å². The monoisotopic (exact) mass is 373 g/mol. The summed E-state index contributed by atoms with van der Waals surface area (Å²) in [5, 5.41) is 1.15. The Balaban J connectivity index is 3.50. The fraction of sp³-hybridized carbons (Fsp3) is 0.533. The van der Waals surface area contributed by atoms with Crippen molar-refractivity contribution in [2.24, 2.45) is 0 Å². The van der Waals surface area contributed by atoms with E-state index in [-0.39, 0.29) is 5.56 Å². The molecule has 0 fully saturated rings. The summed E-state index contributed by atoms with van der Waals surface area (Å²) in [6.07, 6.45) is -11.5. The molecule has 0 spiro atoms. The quantitative estimate of drug-likeness (QED) is 0.595. The van der Waals surface area contributed by atoms with Crippen LogP contribution in [-0.2, 0) is 0 Å². The molecule has 0 saturated heterocycles. The minimum atomic E-state index is -5.75.